The number of ketones is 1. The van der Waals surface area contributed by atoms with E-state index in [0.717, 1.165) is 0 Å². The minimum atomic E-state index is -7.93. The van der Waals surface area contributed by atoms with Gasteiger partial charge in [0.25, 0.3) is 0 Å². The summed E-state index contributed by atoms with van der Waals surface area (Å²) in [6, 6.07) is 0. The standard InChI is InChI=1S/C12H9F13O/c13-7(14,5-3-1-2-4-6(5)26)8(15,16)9(17,18)10(19,20)11(21,22)12(23,24)25/h5H,1-4H2. The van der Waals surface area contributed by atoms with Crippen molar-refractivity contribution in [2.24, 2.45) is 5.92 Å². The molecule has 14 heteroatoms. The molecule has 1 fully saturated rings. The summed E-state index contributed by atoms with van der Waals surface area (Å²) >= 11 is 0. The highest BCUT2D eigenvalue weighted by atomic mass is 19.4. The predicted molar refractivity (Wildman–Crippen MR) is 57.8 cm³/mol. The fourth-order valence-electron chi connectivity index (χ4n) is 2.37. The highest BCUT2D eigenvalue weighted by molar-refractivity contribution is 5.82. The van der Waals surface area contributed by atoms with Crippen LogP contribution in [-0.4, -0.2) is 41.6 Å². The maximum absolute atomic E-state index is 13.7. The molecule has 0 saturated heterocycles. The van der Waals surface area contributed by atoms with Crippen LogP contribution in [0.2, 0.25) is 0 Å². The molecule has 154 valence electrons. The maximum atomic E-state index is 13.7. The van der Waals surface area contributed by atoms with Crippen molar-refractivity contribution >= 4 is 5.78 Å². The number of halogens is 13. The van der Waals surface area contributed by atoms with Crippen molar-refractivity contribution in [2.45, 2.75) is 61.5 Å². The van der Waals surface area contributed by atoms with Crippen LogP contribution < -0.4 is 0 Å². The average molecular weight is 416 g/mol. The lowest BCUT2D eigenvalue weighted by atomic mass is 9.78. The van der Waals surface area contributed by atoms with Gasteiger partial charge in [0.1, 0.15) is 5.78 Å². The zero-order valence-electron chi connectivity index (χ0n) is 12.2. The Hall–Kier alpha value is -1.24. The van der Waals surface area contributed by atoms with Crippen LogP contribution in [0.25, 0.3) is 0 Å². The van der Waals surface area contributed by atoms with Gasteiger partial charge in [0.2, 0.25) is 0 Å². The van der Waals surface area contributed by atoms with Crippen molar-refractivity contribution in [2.75, 3.05) is 0 Å². The molecule has 0 aromatic heterocycles. The van der Waals surface area contributed by atoms with E-state index in [1.54, 1.807) is 0 Å². The van der Waals surface area contributed by atoms with Crippen LogP contribution in [0.1, 0.15) is 25.7 Å². The normalized spacial score (nSPS) is 21.9. The molecule has 1 atom stereocenters. The SMILES string of the molecule is O=C1CCCCC1C(F)(F)C(F)(F)C(F)(F)C(F)(F)C(F)(F)C(F)(F)F. The Morgan fingerprint density at radius 2 is 1.04 bits per heavy atom. The quantitative estimate of drug-likeness (QED) is 0.543. The van der Waals surface area contributed by atoms with Gasteiger partial charge >= 0.3 is 35.8 Å². The molecule has 1 saturated carbocycles. The Balaban J connectivity index is 3.45. The van der Waals surface area contributed by atoms with Gasteiger partial charge in [0.15, 0.2) is 0 Å². The number of alkyl halides is 13. The molecule has 0 aliphatic heterocycles. The summed E-state index contributed by atoms with van der Waals surface area (Å²) in [6.45, 7) is 0. The summed E-state index contributed by atoms with van der Waals surface area (Å²) in [5.41, 5.74) is 0. The van der Waals surface area contributed by atoms with Gasteiger partial charge in [-0.1, -0.05) is 6.42 Å². The Morgan fingerprint density at radius 3 is 1.42 bits per heavy atom. The zero-order chi connectivity index (χ0) is 21.0. The molecule has 0 radical (unpaired) electrons. The van der Waals surface area contributed by atoms with E-state index in [1.165, 1.54) is 0 Å². The van der Waals surface area contributed by atoms with E-state index >= 15 is 0 Å². The molecule has 0 aromatic rings. The molecule has 0 heterocycles. The third kappa shape index (κ3) is 2.92. The molecular weight excluding hydrogens is 407 g/mol. The fourth-order valence-corrected chi connectivity index (χ4v) is 2.37. The van der Waals surface area contributed by atoms with Crippen molar-refractivity contribution in [3.8, 4) is 0 Å². The van der Waals surface area contributed by atoms with Gasteiger partial charge in [-0.3, -0.25) is 4.79 Å². The lowest BCUT2D eigenvalue weighted by molar-refractivity contribution is -0.442. The second-order valence-electron chi connectivity index (χ2n) is 5.68. The lowest BCUT2D eigenvalue weighted by Crippen LogP contribution is -2.71. The number of Topliss-reactive ketones (excluding diaryl/α,β-unsaturated/α-hetero) is 1. The van der Waals surface area contributed by atoms with Crippen molar-refractivity contribution < 1.29 is 61.9 Å². The van der Waals surface area contributed by atoms with E-state index in [0.29, 0.717) is 0 Å². The van der Waals surface area contributed by atoms with Crippen LogP contribution in [0.15, 0.2) is 0 Å². The Bertz CT molecular complexity index is 548. The minimum Gasteiger partial charge on any atom is -0.299 e. The molecular formula is C12H9F13O. The van der Waals surface area contributed by atoms with E-state index in [1.807, 2.05) is 0 Å². The van der Waals surface area contributed by atoms with Gasteiger partial charge < -0.3 is 0 Å². The van der Waals surface area contributed by atoms with Crippen LogP contribution in [-0.2, 0) is 4.79 Å². The van der Waals surface area contributed by atoms with Crippen molar-refractivity contribution in [1.29, 1.82) is 0 Å². The van der Waals surface area contributed by atoms with Gasteiger partial charge in [-0.05, 0) is 12.8 Å². The first-order valence-corrected chi connectivity index (χ1v) is 6.75. The largest absolute Gasteiger partial charge is 0.460 e. The molecule has 0 spiro atoms. The van der Waals surface area contributed by atoms with E-state index in [9.17, 15) is 61.9 Å². The zero-order valence-corrected chi connectivity index (χ0v) is 12.2. The molecule has 0 aromatic carbocycles. The van der Waals surface area contributed by atoms with E-state index in [-0.39, 0.29) is 12.8 Å². The monoisotopic (exact) mass is 416 g/mol. The minimum absolute atomic E-state index is 0.102. The second-order valence-corrected chi connectivity index (χ2v) is 5.68. The van der Waals surface area contributed by atoms with Crippen LogP contribution in [0.3, 0.4) is 0 Å². The highest BCUT2D eigenvalue weighted by Gasteiger charge is 2.91. The second kappa shape index (κ2) is 6.14. The van der Waals surface area contributed by atoms with Crippen molar-refractivity contribution in [3.63, 3.8) is 0 Å². The predicted octanol–water partition coefficient (Wildman–Crippen LogP) is 5.48. The summed E-state index contributed by atoms with van der Waals surface area (Å²) in [5, 5.41) is 0. The summed E-state index contributed by atoms with van der Waals surface area (Å²) in [4.78, 5) is 11.2. The molecule has 1 aliphatic rings. The molecule has 0 N–H and O–H groups in total. The first kappa shape index (κ1) is 22.8. The Morgan fingerprint density at radius 1 is 0.615 bits per heavy atom. The van der Waals surface area contributed by atoms with E-state index < -0.39 is 60.3 Å². The smallest absolute Gasteiger partial charge is 0.299 e. The summed E-state index contributed by atoms with van der Waals surface area (Å²) in [7, 11) is 0. The highest BCUT2D eigenvalue weighted by Crippen LogP contribution is 2.61. The molecule has 0 amide bonds. The Kier molecular flexibility index (Phi) is 5.39. The first-order chi connectivity index (χ1) is 11.3. The maximum Gasteiger partial charge on any atom is 0.460 e. The third-order valence-electron chi connectivity index (χ3n) is 3.95. The number of hydrogen-bond donors (Lipinski definition) is 0. The van der Waals surface area contributed by atoms with Gasteiger partial charge in [-0.25, -0.2) is 0 Å². The van der Waals surface area contributed by atoms with Crippen LogP contribution >= 0.6 is 0 Å². The number of hydrogen-bond acceptors (Lipinski definition) is 1. The van der Waals surface area contributed by atoms with Crippen molar-refractivity contribution in [1.82, 2.24) is 0 Å². The molecule has 26 heavy (non-hydrogen) atoms. The molecule has 1 unspecified atom stereocenters. The van der Waals surface area contributed by atoms with Gasteiger partial charge in [0, 0.05) is 6.42 Å². The fraction of sp³-hybridized carbons (Fsp3) is 0.917. The number of rotatable bonds is 5. The lowest BCUT2D eigenvalue weighted by Gasteiger charge is -2.42. The summed E-state index contributed by atoms with van der Waals surface area (Å²) in [6.07, 6.45) is -9.86. The average Bonchev–Trinajstić information content (AvgIpc) is 2.45. The topological polar surface area (TPSA) is 17.1 Å². The number of carbonyl (C=O) groups excluding carboxylic acids is 1. The summed E-state index contributed by atoms with van der Waals surface area (Å²) < 4.78 is 168. The van der Waals surface area contributed by atoms with Crippen molar-refractivity contribution in [3.05, 3.63) is 0 Å². The number of carbonyl (C=O) groups is 1. The van der Waals surface area contributed by atoms with Crippen LogP contribution in [0, 0.1) is 5.92 Å². The van der Waals surface area contributed by atoms with Crippen LogP contribution in [0.4, 0.5) is 57.1 Å². The third-order valence-corrected chi connectivity index (χ3v) is 3.95. The van der Waals surface area contributed by atoms with E-state index in [4.69, 9.17) is 0 Å². The molecule has 1 rings (SSSR count). The molecule has 0 bridgehead atoms. The molecule has 1 nitrogen and oxygen atoms in total. The summed E-state index contributed by atoms with van der Waals surface area (Å²) in [5.74, 6) is -42.1. The van der Waals surface area contributed by atoms with E-state index in [2.05, 4.69) is 0 Å². The van der Waals surface area contributed by atoms with Gasteiger partial charge in [-0.15, -0.1) is 0 Å². The first-order valence-electron chi connectivity index (χ1n) is 6.75. The van der Waals surface area contributed by atoms with Crippen LogP contribution in [0.5, 0.6) is 0 Å². The molecule has 1 aliphatic carbocycles. The van der Waals surface area contributed by atoms with Gasteiger partial charge in [-0.2, -0.15) is 57.1 Å². The van der Waals surface area contributed by atoms with Gasteiger partial charge in [0.05, 0.1) is 5.92 Å². The Labute approximate surface area is 136 Å².